The summed E-state index contributed by atoms with van der Waals surface area (Å²) in [6, 6.07) is 6.44. The van der Waals surface area contributed by atoms with E-state index >= 15 is 0 Å². The lowest BCUT2D eigenvalue weighted by molar-refractivity contribution is -0.153. The molecule has 2 rings (SSSR count). The van der Waals surface area contributed by atoms with Gasteiger partial charge in [-0.1, -0.05) is 12.1 Å². The number of ether oxygens (including phenoxy) is 1. The molecule has 0 atom stereocenters. The van der Waals surface area contributed by atoms with Gasteiger partial charge in [-0.15, -0.1) is 24.0 Å². The van der Waals surface area contributed by atoms with Gasteiger partial charge >= 0.3 is 6.18 Å². The minimum Gasteiger partial charge on any atom is -0.484 e. The van der Waals surface area contributed by atoms with Crippen molar-refractivity contribution in [3.63, 3.8) is 0 Å². The van der Waals surface area contributed by atoms with Crippen LogP contribution < -0.4 is 15.4 Å². The largest absolute Gasteiger partial charge is 0.484 e. The lowest BCUT2D eigenvalue weighted by Crippen LogP contribution is -2.38. The van der Waals surface area contributed by atoms with Crippen LogP contribution in [0.3, 0.4) is 0 Å². The van der Waals surface area contributed by atoms with Crippen molar-refractivity contribution >= 4 is 29.9 Å². The molecule has 0 aliphatic rings. The molecule has 0 bridgehead atoms. The highest BCUT2D eigenvalue weighted by atomic mass is 127. The smallest absolute Gasteiger partial charge is 0.422 e. The molecule has 1 heterocycles. The van der Waals surface area contributed by atoms with Crippen molar-refractivity contribution in [3.8, 4) is 5.75 Å². The van der Waals surface area contributed by atoms with Gasteiger partial charge in [0.05, 0.1) is 12.7 Å². The molecular weight excluding hydrogens is 474 g/mol. The van der Waals surface area contributed by atoms with Crippen LogP contribution in [0.25, 0.3) is 0 Å². The van der Waals surface area contributed by atoms with Crippen molar-refractivity contribution in [1.82, 2.24) is 20.4 Å². The molecule has 0 aliphatic carbocycles. The second kappa shape index (κ2) is 11.0. The van der Waals surface area contributed by atoms with Gasteiger partial charge < -0.3 is 15.4 Å². The fourth-order valence-corrected chi connectivity index (χ4v) is 2.15. The molecular formula is C17H23F3IN5O. The van der Waals surface area contributed by atoms with Crippen molar-refractivity contribution in [1.29, 1.82) is 0 Å². The standard InChI is InChI=1S/C17H22F3N5O.HI/c1-13-9-24-25(11-13)8-7-22-16(21-2)23-10-14-3-5-15(6-4-14)26-12-17(18,19)20;/h3-6,9,11H,7-8,10,12H2,1-2H3,(H2,21,22,23);1H. The Kier molecular flexibility index (Phi) is 9.39. The van der Waals surface area contributed by atoms with E-state index in [0.29, 0.717) is 25.6 Å². The predicted octanol–water partition coefficient (Wildman–Crippen LogP) is 3.12. The molecule has 6 nitrogen and oxygen atoms in total. The molecule has 0 fully saturated rings. The Hall–Kier alpha value is -1.98. The summed E-state index contributed by atoms with van der Waals surface area (Å²) in [6.45, 7) is 2.54. The number of nitrogens with zero attached hydrogens (tertiary/aromatic N) is 3. The molecule has 0 amide bonds. The van der Waals surface area contributed by atoms with Crippen LogP contribution in [0.4, 0.5) is 13.2 Å². The first-order valence-electron chi connectivity index (χ1n) is 8.08. The van der Waals surface area contributed by atoms with Crippen LogP contribution in [-0.2, 0) is 13.1 Å². The number of hydrogen-bond donors (Lipinski definition) is 2. The summed E-state index contributed by atoms with van der Waals surface area (Å²) >= 11 is 0. The maximum absolute atomic E-state index is 12.1. The van der Waals surface area contributed by atoms with Crippen LogP contribution in [0.1, 0.15) is 11.1 Å². The number of aliphatic imine (C=N–C) groups is 1. The Balaban J connectivity index is 0.00000364. The van der Waals surface area contributed by atoms with Gasteiger partial charge in [0.1, 0.15) is 5.75 Å². The number of aromatic nitrogens is 2. The van der Waals surface area contributed by atoms with E-state index in [4.69, 9.17) is 0 Å². The van der Waals surface area contributed by atoms with Crippen molar-refractivity contribution in [3.05, 3.63) is 47.8 Å². The van der Waals surface area contributed by atoms with Gasteiger partial charge in [0.2, 0.25) is 0 Å². The van der Waals surface area contributed by atoms with Crippen molar-refractivity contribution in [2.75, 3.05) is 20.2 Å². The van der Waals surface area contributed by atoms with E-state index in [1.807, 2.05) is 17.8 Å². The molecule has 1 aromatic heterocycles. The molecule has 0 saturated carbocycles. The highest BCUT2D eigenvalue weighted by Gasteiger charge is 2.28. The monoisotopic (exact) mass is 497 g/mol. The summed E-state index contributed by atoms with van der Waals surface area (Å²) in [7, 11) is 1.67. The van der Waals surface area contributed by atoms with Crippen LogP contribution in [0, 0.1) is 6.92 Å². The maximum atomic E-state index is 12.1. The van der Waals surface area contributed by atoms with Crippen molar-refractivity contribution in [2.45, 2.75) is 26.2 Å². The van der Waals surface area contributed by atoms with E-state index < -0.39 is 12.8 Å². The first-order chi connectivity index (χ1) is 12.4. The van der Waals surface area contributed by atoms with E-state index in [0.717, 1.165) is 11.1 Å². The number of rotatable bonds is 7. The van der Waals surface area contributed by atoms with Crippen LogP contribution in [-0.4, -0.2) is 42.1 Å². The molecule has 0 radical (unpaired) electrons. The average Bonchev–Trinajstić information content (AvgIpc) is 3.01. The molecule has 0 saturated heterocycles. The Morgan fingerprint density at radius 2 is 1.93 bits per heavy atom. The quantitative estimate of drug-likeness (QED) is 0.351. The number of guanidine groups is 1. The second-order valence-corrected chi connectivity index (χ2v) is 5.68. The summed E-state index contributed by atoms with van der Waals surface area (Å²) in [5.74, 6) is 0.814. The zero-order valence-corrected chi connectivity index (χ0v) is 17.4. The van der Waals surface area contributed by atoms with Crippen LogP contribution in [0.5, 0.6) is 5.75 Å². The minimum atomic E-state index is -4.34. The van der Waals surface area contributed by atoms with E-state index in [-0.39, 0.29) is 29.7 Å². The third kappa shape index (κ3) is 8.98. The number of hydrogen-bond acceptors (Lipinski definition) is 3. The summed E-state index contributed by atoms with van der Waals surface area (Å²) in [4.78, 5) is 4.13. The molecule has 2 aromatic rings. The number of benzene rings is 1. The summed E-state index contributed by atoms with van der Waals surface area (Å²) in [6.07, 6.45) is -0.581. The lowest BCUT2D eigenvalue weighted by atomic mass is 10.2. The van der Waals surface area contributed by atoms with Crippen LogP contribution >= 0.6 is 24.0 Å². The Morgan fingerprint density at radius 1 is 1.22 bits per heavy atom. The average molecular weight is 497 g/mol. The summed E-state index contributed by atoms with van der Waals surface area (Å²) in [5.41, 5.74) is 2.00. The van der Waals surface area contributed by atoms with Crippen molar-refractivity contribution in [2.24, 2.45) is 4.99 Å². The van der Waals surface area contributed by atoms with E-state index in [1.54, 1.807) is 25.4 Å². The van der Waals surface area contributed by atoms with Gasteiger partial charge in [-0.05, 0) is 30.2 Å². The lowest BCUT2D eigenvalue weighted by Gasteiger charge is -2.13. The van der Waals surface area contributed by atoms with E-state index in [9.17, 15) is 13.2 Å². The molecule has 1 aromatic carbocycles. The topological polar surface area (TPSA) is 63.5 Å². The first-order valence-corrected chi connectivity index (χ1v) is 8.08. The van der Waals surface area contributed by atoms with Crippen LogP contribution in [0.15, 0.2) is 41.7 Å². The Labute approximate surface area is 173 Å². The normalized spacial score (nSPS) is 11.7. The van der Waals surface area contributed by atoms with Gasteiger partial charge in [-0.2, -0.15) is 18.3 Å². The zero-order chi connectivity index (χ0) is 19.0. The summed E-state index contributed by atoms with van der Waals surface area (Å²) < 4.78 is 42.9. The second-order valence-electron chi connectivity index (χ2n) is 5.68. The van der Waals surface area contributed by atoms with Gasteiger partial charge in [-0.25, -0.2) is 0 Å². The molecule has 0 spiro atoms. The number of alkyl halides is 3. The van der Waals surface area contributed by atoms with Gasteiger partial charge in [-0.3, -0.25) is 9.67 Å². The molecule has 0 aliphatic heterocycles. The van der Waals surface area contributed by atoms with Gasteiger partial charge in [0.15, 0.2) is 12.6 Å². The van der Waals surface area contributed by atoms with Gasteiger partial charge in [0, 0.05) is 26.3 Å². The molecule has 2 N–H and O–H groups in total. The van der Waals surface area contributed by atoms with E-state index in [2.05, 4.69) is 25.5 Å². The van der Waals surface area contributed by atoms with Crippen molar-refractivity contribution < 1.29 is 17.9 Å². The number of halogens is 4. The third-order valence-corrected chi connectivity index (χ3v) is 3.41. The zero-order valence-electron chi connectivity index (χ0n) is 15.1. The Bertz CT molecular complexity index is 716. The minimum absolute atomic E-state index is 0. The van der Waals surface area contributed by atoms with Gasteiger partial charge in [0.25, 0.3) is 0 Å². The first kappa shape index (κ1) is 23.1. The highest BCUT2D eigenvalue weighted by molar-refractivity contribution is 14.0. The summed E-state index contributed by atoms with van der Waals surface area (Å²) in [5, 5.41) is 10.5. The fraction of sp³-hybridized carbons (Fsp3) is 0.412. The van der Waals surface area contributed by atoms with E-state index in [1.165, 1.54) is 12.1 Å². The Morgan fingerprint density at radius 3 is 2.48 bits per heavy atom. The SMILES string of the molecule is CN=C(NCCn1cc(C)cn1)NCc1ccc(OCC(F)(F)F)cc1.I. The van der Waals surface area contributed by atoms with Crippen LogP contribution in [0.2, 0.25) is 0 Å². The fourth-order valence-electron chi connectivity index (χ4n) is 2.15. The highest BCUT2D eigenvalue weighted by Crippen LogP contribution is 2.18. The number of aryl methyl sites for hydroxylation is 1. The molecule has 0 unspecified atom stereocenters. The molecule has 10 heteroatoms. The molecule has 27 heavy (non-hydrogen) atoms. The predicted molar refractivity (Wildman–Crippen MR) is 109 cm³/mol. The molecule has 150 valence electrons. The third-order valence-electron chi connectivity index (χ3n) is 3.41. The maximum Gasteiger partial charge on any atom is 0.422 e. The number of nitrogens with one attached hydrogen (secondary N) is 2.